The topological polar surface area (TPSA) is 66.8 Å². The SMILES string of the molecule is CCC1CCN(C(=O)c2ccc(OC)cc2)C(C(=O)O)C1. The van der Waals surface area contributed by atoms with Crippen LogP contribution in [-0.2, 0) is 4.79 Å². The predicted octanol–water partition coefficient (Wildman–Crippen LogP) is 2.41. The number of amides is 1. The standard InChI is InChI=1S/C16H21NO4/c1-3-11-8-9-17(14(10-11)16(19)20)15(18)12-4-6-13(21-2)7-5-12/h4-7,11,14H,3,8-10H2,1-2H3,(H,19,20). The van der Waals surface area contributed by atoms with Gasteiger partial charge in [-0.3, -0.25) is 4.79 Å². The molecule has 5 nitrogen and oxygen atoms in total. The van der Waals surface area contributed by atoms with Gasteiger partial charge in [0.2, 0.25) is 0 Å². The molecule has 1 aliphatic heterocycles. The van der Waals surface area contributed by atoms with Gasteiger partial charge in [0.15, 0.2) is 0 Å². The van der Waals surface area contributed by atoms with Crippen LogP contribution < -0.4 is 4.74 Å². The first-order valence-electron chi connectivity index (χ1n) is 7.24. The number of methoxy groups -OCH3 is 1. The van der Waals surface area contributed by atoms with E-state index in [1.54, 1.807) is 31.4 Å². The van der Waals surface area contributed by atoms with Crippen molar-refractivity contribution in [1.29, 1.82) is 0 Å². The molecule has 21 heavy (non-hydrogen) atoms. The minimum atomic E-state index is -0.921. The quantitative estimate of drug-likeness (QED) is 0.925. The third-order valence-electron chi connectivity index (χ3n) is 4.17. The van der Waals surface area contributed by atoms with Gasteiger partial charge < -0.3 is 14.7 Å². The highest BCUT2D eigenvalue weighted by atomic mass is 16.5. The van der Waals surface area contributed by atoms with Crippen molar-refractivity contribution >= 4 is 11.9 Å². The van der Waals surface area contributed by atoms with Crippen molar-refractivity contribution in [2.24, 2.45) is 5.92 Å². The second kappa shape index (κ2) is 6.61. The molecule has 2 atom stereocenters. The molecule has 1 aliphatic rings. The van der Waals surface area contributed by atoms with Crippen molar-refractivity contribution in [2.45, 2.75) is 32.2 Å². The third-order valence-corrected chi connectivity index (χ3v) is 4.17. The Labute approximate surface area is 124 Å². The second-order valence-corrected chi connectivity index (χ2v) is 5.38. The zero-order valence-electron chi connectivity index (χ0n) is 12.4. The summed E-state index contributed by atoms with van der Waals surface area (Å²) >= 11 is 0. The van der Waals surface area contributed by atoms with Gasteiger partial charge >= 0.3 is 5.97 Å². The molecule has 1 N–H and O–H groups in total. The number of carboxylic acids is 1. The maximum atomic E-state index is 12.5. The number of hydrogen-bond acceptors (Lipinski definition) is 3. The van der Waals surface area contributed by atoms with E-state index in [9.17, 15) is 14.7 Å². The largest absolute Gasteiger partial charge is 0.497 e. The number of nitrogens with zero attached hydrogens (tertiary/aromatic N) is 1. The number of hydrogen-bond donors (Lipinski definition) is 1. The number of piperidine rings is 1. The lowest BCUT2D eigenvalue weighted by atomic mass is 9.88. The first kappa shape index (κ1) is 15.4. The van der Waals surface area contributed by atoms with Gasteiger partial charge in [0.25, 0.3) is 5.91 Å². The summed E-state index contributed by atoms with van der Waals surface area (Å²) in [6.45, 7) is 2.56. The summed E-state index contributed by atoms with van der Waals surface area (Å²) in [5.74, 6) is -0.0911. The molecule has 5 heteroatoms. The van der Waals surface area contributed by atoms with E-state index in [0.29, 0.717) is 30.2 Å². The summed E-state index contributed by atoms with van der Waals surface area (Å²) in [5, 5.41) is 9.39. The van der Waals surface area contributed by atoms with Crippen LogP contribution in [0.4, 0.5) is 0 Å². The van der Waals surface area contributed by atoms with Crippen LogP contribution in [0.3, 0.4) is 0 Å². The number of rotatable bonds is 4. The zero-order chi connectivity index (χ0) is 15.4. The van der Waals surface area contributed by atoms with Crippen molar-refractivity contribution in [3.8, 4) is 5.75 Å². The van der Waals surface area contributed by atoms with Crippen LogP contribution in [0.2, 0.25) is 0 Å². The highest BCUT2D eigenvalue weighted by Gasteiger charge is 2.35. The fourth-order valence-electron chi connectivity index (χ4n) is 2.79. The number of carbonyl (C=O) groups is 2. The summed E-state index contributed by atoms with van der Waals surface area (Å²) < 4.78 is 5.06. The van der Waals surface area contributed by atoms with Gasteiger partial charge in [-0.15, -0.1) is 0 Å². The number of aliphatic carboxylic acids is 1. The summed E-state index contributed by atoms with van der Waals surface area (Å²) in [5.41, 5.74) is 0.497. The lowest BCUT2D eigenvalue weighted by Crippen LogP contribution is -2.50. The highest BCUT2D eigenvalue weighted by molar-refractivity contribution is 5.96. The van der Waals surface area contributed by atoms with E-state index in [-0.39, 0.29) is 5.91 Å². The summed E-state index contributed by atoms with van der Waals surface area (Å²) in [4.78, 5) is 25.5. The number of ether oxygens (including phenoxy) is 1. The Morgan fingerprint density at radius 3 is 2.52 bits per heavy atom. The van der Waals surface area contributed by atoms with Crippen LogP contribution in [-0.4, -0.2) is 41.6 Å². The smallest absolute Gasteiger partial charge is 0.326 e. The third kappa shape index (κ3) is 3.35. The van der Waals surface area contributed by atoms with Crippen molar-refractivity contribution < 1.29 is 19.4 Å². The van der Waals surface area contributed by atoms with Gasteiger partial charge in [-0.1, -0.05) is 13.3 Å². The lowest BCUT2D eigenvalue weighted by molar-refractivity contribution is -0.144. The maximum Gasteiger partial charge on any atom is 0.326 e. The van der Waals surface area contributed by atoms with E-state index in [0.717, 1.165) is 12.8 Å². The van der Waals surface area contributed by atoms with Crippen LogP contribution in [0, 0.1) is 5.92 Å². The molecular formula is C16H21NO4. The first-order chi connectivity index (χ1) is 10.1. The fourth-order valence-corrected chi connectivity index (χ4v) is 2.79. The van der Waals surface area contributed by atoms with E-state index >= 15 is 0 Å². The normalized spacial score (nSPS) is 21.9. The zero-order valence-corrected chi connectivity index (χ0v) is 12.4. The van der Waals surface area contributed by atoms with Gasteiger partial charge in [-0.05, 0) is 43.0 Å². The first-order valence-corrected chi connectivity index (χ1v) is 7.24. The molecule has 2 rings (SSSR count). The Bertz CT molecular complexity index is 512. The Kier molecular flexibility index (Phi) is 4.83. The van der Waals surface area contributed by atoms with E-state index in [2.05, 4.69) is 6.92 Å². The molecule has 1 aromatic rings. The summed E-state index contributed by atoms with van der Waals surface area (Å²) in [6.07, 6.45) is 2.35. The Balaban J connectivity index is 2.17. The molecule has 114 valence electrons. The average Bonchev–Trinajstić information content (AvgIpc) is 2.53. The van der Waals surface area contributed by atoms with Gasteiger partial charge in [0.05, 0.1) is 7.11 Å². The number of carbonyl (C=O) groups excluding carboxylic acids is 1. The molecule has 0 aliphatic carbocycles. The van der Waals surface area contributed by atoms with E-state index in [1.807, 2.05) is 0 Å². The van der Waals surface area contributed by atoms with Crippen molar-refractivity contribution in [2.75, 3.05) is 13.7 Å². The lowest BCUT2D eigenvalue weighted by Gasteiger charge is -2.37. The van der Waals surface area contributed by atoms with Crippen LogP contribution in [0.25, 0.3) is 0 Å². The molecule has 2 unspecified atom stereocenters. The fraction of sp³-hybridized carbons (Fsp3) is 0.500. The minimum Gasteiger partial charge on any atom is -0.497 e. The molecule has 0 saturated carbocycles. The van der Waals surface area contributed by atoms with Crippen LogP contribution in [0.5, 0.6) is 5.75 Å². The molecule has 1 heterocycles. The van der Waals surface area contributed by atoms with Gasteiger partial charge in [0, 0.05) is 12.1 Å². The highest BCUT2D eigenvalue weighted by Crippen LogP contribution is 2.27. The monoisotopic (exact) mass is 291 g/mol. The van der Waals surface area contributed by atoms with Crippen molar-refractivity contribution in [1.82, 2.24) is 4.90 Å². The predicted molar refractivity (Wildman–Crippen MR) is 78.5 cm³/mol. The average molecular weight is 291 g/mol. The Morgan fingerprint density at radius 1 is 1.33 bits per heavy atom. The Hall–Kier alpha value is -2.04. The molecular weight excluding hydrogens is 270 g/mol. The van der Waals surface area contributed by atoms with E-state index < -0.39 is 12.0 Å². The van der Waals surface area contributed by atoms with Crippen molar-refractivity contribution in [3.63, 3.8) is 0 Å². The number of likely N-dealkylation sites (tertiary alicyclic amines) is 1. The summed E-state index contributed by atoms with van der Waals surface area (Å²) in [7, 11) is 1.56. The minimum absolute atomic E-state index is 0.223. The van der Waals surface area contributed by atoms with Crippen LogP contribution in [0.1, 0.15) is 36.5 Å². The molecule has 0 aromatic heterocycles. The number of carboxylic acid groups (broad SMARTS) is 1. The number of benzene rings is 1. The van der Waals surface area contributed by atoms with Crippen LogP contribution in [0.15, 0.2) is 24.3 Å². The van der Waals surface area contributed by atoms with E-state index in [1.165, 1.54) is 4.90 Å². The molecule has 1 amide bonds. The summed E-state index contributed by atoms with van der Waals surface area (Å²) in [6, 6.07) is 6.04. The van der Waals surface area contributed by atoms with Gasteiger partial charge in [-0.25, -0.2) is 4.79 Å². The van der Waals surface area contributed by atoms with E-state index in [4.69, 9.17) is 4.74 Å². The molecule has 0 bridgehead atoms. The second-order valence-electron chi connectivity index (χ2n) is 5.38. The Morgan fingerprint density at radius 2 is 2.00 bits per heavy atom. The molecule has 1 aromatic carbocycles. The molecule has 0 radical (unpaired) electrons. The van der Waals surface area contributed by atoms with Crippen molar-refractivity contribution in [3.05, 3.63) is 29.8 Å². The molecule has 1 fully saturated rings. The van der Waals surface area contributed by atoms with Gasteiger partial charge in [0.1, 0.15) is 11.8 Å². The van der Waals surface area contributed by atoms with Gasteiger partial charge in [-0.2, -0.15) is 0 Å². The molecule has 1 saturated heterocycles. The molecule has 0 spiro atoms. The maximum absolute atomic E-state index is 12.5. The van der Waals surface area contributed by atoms with Crippen LogP contribution >= 0.6 is 0 Å².